The first-order valence-electron chi connectivity index (χ1n) is 6.46. The Kier molecular flexibility index (Phi) is 8.12. The molecule has 7 heteroatoms. The number of halogens is 1. The molecule has 0 aromatic heterocycles. The molecule has 4 N–H and O–H groups in total. The fourth-order valence-corrected chi connectivity index (χ4v) is 1.88. The smallest absolute Gasteiger partial charge is 0.219 e. The molecule has 0 radical (unpaired) electrons. The maximum Gasteiger partial charge on any atom is 0.219 e. The Bertz CT molecular complexity index is 542. The normalized spacial score (nSPS) is 14.8. The van der Waals surface area contributed by atoms with Crippen molar-refractivity contribution in [2.45, 2.75) is 31.3 Å². The Morgan fingerprint density at radius 2 is 1.81 bits per heavy atom. The molecule has 0 aliphatic carbocycles. The molecule has 120 valence electrons. The number of amides is 1. The van der Waals surface area contributed by atoms with Gasteiger partial charge in [-0.15, -0.1) is 0 Å². The topological polar surface area (TPSA) is 104 Å². The van der Waals surface area contributed by atoms with E-state index in [9.17, 15) is 18.5 Å². The number of hydrogen-bond donors (Lipinski definition) is 3. The molecule has 1 amide bonds. The van der Waals surface area contributed by atoms with E-state index in [1.807, 2.05) is 0 Å². The van der Waals surface area contributed by atoms with Gasteiger partial charge in [-0.1, -0.05) is 26.0 Å². The van der Waals surface area contributed by atoms with Gasteiger partial charge in [0.15, 0.2) is 0 Å². The van der Waals surface area contributed by atoms with Crippen molar-refractivity contribution in [2.24, 2.45) is 11.7 Å². The van der Waals surface area contributed by atoms with Gasteiger partial charge >= 0.3 is 0 Å². The SMILES string of the molecule is CC(C)C(N)=O.CS(=N)(=O)c1ccc([C@@H](O)CCF)cc1. The lowest BCUT2D eigenvalue weighted by molar-refractivity contribution is -0.120. The second-order valence-electron chi connectivity index (χ2n) is 4.96. The van der Waals surface area contributed by atoms with Gasteiger partial charge < -0.3 is 10.8 Å². The lowest BCUT2D eigenvalue weighted by Gasteiger charge is -2.09. The zero-order chi connectivity index (χ0) is 16.6. The summed E-state index contributed by atoms with van der Waals surface area (Å²) < 4.78 is 30.6. The predicted octanol–water partition coefficient (Wildman–Crippen LogP) is 2.24. The summed E-state index contributed by atoms with van der Waals surface area (Å²) in [6.45, 7) is 2.95. The van der Waals surface area contributed by atoms with Crippen molar-refractivity contribution < 1.29 is 18.5 Å². The van der Waals surface area contributed by atoms with Crippen molar-refractivity contribution in [3.8, 4) is 0 Å². The molecule has 0 fully saturated rings. The lowest BCUT2D eigenvalue weighted by Crippen LogP contribution is -2.17. The van der Waals surface area contributed by atoms with Crippen LogP contribution in [0.25, 0.3) is 0 Å². The fraction of sp³-hybridized carbons (Fsp3) is 0.500. The van der Waals surface area contributed by atoms with E-state index in [0.717, 1.165) is 0 Å². The minimum absolute atomic E-state index is 0.00926. The summed E-state index contributed by atoms with van der Waals surface area (Å²) in [4.78, 5) is 10.3. The van der Waals surface area contributed by atoms with Crippen molar-refractivity contribution in [1.29, 1.82) is 4.78 Å². The van der Waals surface area contributed by atoms with Crippen LogP contribution in [0, 0.1) is 10.7 Å². The number of rotatable bonds is 5. The van der Waals surface area contributed by atoms with Crippen LogP contribution in [0.4, 0.5) is 4.39 Å². The van der Waals surface area contributed by atoms with Crippen molar-refractivity contribution >= 4 is 15.6 Å². The van der Waals surface area contributed by atoms with Crippen LogP contribution in [-0.2, 0) is 14.5 Å². The molecule has 0 aliphatic rings. The highest BCUT2D eigenvalue weighted by Gasteiger charge is 2.08. The predicted molar refractivity (Wildman–Crippen MR) is 81.1 cm³/mol. The molecule has 0 spiro atoms. The van der Waals surface area contributed by atoms with Crippen LogP contribution in [0.15, 0.2) is 29.2 Å². The molecule has 1 unspecified atom stereocenters. The molecular formula is C14H23FN2O3S. The zero-order valence-electron chi connectivity index (χ0n) is 12.5. The van der Waals surface area contributed by atoms with E-state index in [1.54, 1.807) is 26.0 Å². The van der Waals surface area contributed by atoms with Gasteiger partial charge in [0.25, 0.3) is 0 Å². The summed E-state index contributed by atoms with van der Waals surface area (Å²) in [5.41, 5.74) is 5.38. The minimum Gasteiger partial charge on any atom is -0.388 e. The largest absolute Gasteiger partial charge is 0.388 e. The molecule has 1 aromatic rings. The van der Waals surface area contributed by atoms with Gasteiger partial charge in [-0.05, 0) is 17.7 Å². The fourth-order valence-electron chi connectivity index (χ4n) is 1.22. The van der Waals surface area contributed by atoms with E-state index >= 15 is 0 Å². The average molecular weight is 318 g/mol. The van der Waals surface area contributed by atoms with E-state index in [0.29, 0.717) is 10.5 Å². The van der Waals surface area contributed by atoms with Crippen LogP contribution in [0.2, 0.25) is 0 Å². The third kappa shape index (κ3) is 7.77. The maximum atomic E-state index is 12.0. The highest BCUT2D eigenvalue weighted by Crippen LogP contribution is 2.19. The highest BCUT2D eigenvalue weighted by atomic mass is 32.2. The summed E-state index contributed by atoms with van der Waals surface area (Å²) in [7, 11) is -2.71. The van der Waals surface area contributed by atoms with E-state index in [1.165, 1.54) is 18.4 Å². The standard InChI is InChI=1S/C10H14FNO2S.C4H9NO/c1-15(12,14)9-4-2-8(3-5-9)10(13)6-7-11;1-3(2)4(5)6/h2-5,10,12-13H,6-7H2,1H3;3H,1-2H3,(H2,5,6)/t10-,15?;/m0./s1. The Labute approximate surface area is 125 Å². The van der Waals surface area contributed by atoms with Gasteiger partial charge in [0, 0.05) is 23.5 Å². The quantitative estimate of drug-likeness (QED) is 0.775. The second-order valence-corrected chi connectivity index (χ2v) is 7.12. The zero-order valence-corrected chi connectivity index (χ0v) is 13.3. The van der Waals surface area contributed by atoms with E-state index in [-0.39, 0.29) is 18.2 Å². The first-order chi connectivity index (χ1) is 9.59. The summed E-state index contributed by atoms with van der Waals surface area (Å²) in [5, 5.41) is 9.46. The molecule has 1 aromatic carbocycles. The Balaban J connectivity index is 0.000000567. The van der Waals surface area contributed by atoms with Gasteiger partial charge in [-0.25, -0.2) is 8.99 Å². The number of nitrogens with two attached hydrogens (primary N) is 1. The molecule has 0 aliphatic heterocycles. The molecular weight excluding hydrogens is 295 g/mol. The second kappa shape index (κ2) is 8.74. The number of alkyl halides is 1. The Morgan fingerprint density at radius 3 is 2.10 bits per heavy atom. The first kappa shape index (κ1) is 19.5. The summed E-state index contributed by atoms with van der Waals surface area (Å²) in [5.74, 6) is -0.250. The third-order valence-electron chi connectivity index (χ3n) is 2.67. The molecule has 2 atom stereocenters. The molecule has 5 nitrogen and oxygen atoms in total. The number of aliphatic hydroxyl groups excluding tert-OH is 1. The van der Waals surface area contributed by atoms with Crippen molar-refractivity contribution in [2.75, 3.05) is 12.9 Å². The minimum atomic E-state index is -2.71. The molecule has 21 heavy (non-hydrogen) atoms. The number of benzene rings is 1. The molecule has 0 bridgehead atoms. The number of primary amides is 1. The van der Waals surface area contributed by atoms with E-state index < -0.39 is 22.5 Å². The molecule has 1 rings (SSSR count). The highest BCUT2D eigenvalue weighted by molar-refractivity contribution is 7.91. The van der Waals surface area contributed by atoms with Gasteiger partial charge in [-0.3, -0.25) is 9.18 Å². The summed E-state index contributed by atoms with van der Waals surface area (Å²) in [6.07, 6.45) is 0.560. The van der Waals surface area contributed by atoms with Crippen LogP contribution in [0.5, 0.6) is 0 Å². The van der Waals surface area contributed by atoms with Crippen molar-refractivity contribution in [3.05, 3.63) is 29.8 Å². The van der Waals surface area contributed by atoms with Crippen LogP contribution < -0.4 is 5.73 Å². The monoisotopic (exact) mass is 318 g/mol. The first-order valence-corrected chi connectivity index (χ1v) is 8.43. The molecule has 0 saturated heterocycles. The van der Waals surface area contributed by atoms with Gasteiger partial charge in [-0.2, -0.15) is 0 Å². The van der Waals surface area contributed by atoms with Crippen LogP contribution in [0.1, 0.15) is 31.9 Å². The summed E-state index contributed by atoms with van der Waals surface area (Å²) >= 11 is 0. The van der Waals surface area contributed by atoms with Crippen LogP contribution in [-0.4, -0.2) is 28.2 Å². The van der Waals surface area contributed by atoms with Gasteiger partial charge in [0.1, 0.15) is 0 Å². The van der Waals surface area contributed by atoms with Crippen molar-refractivity contribution in [1.82, 2.24) is 0 Å². The van der Waals surface area contributed by atoms with E-state index in [4.69, 9.17) is 10.5 Å². The van der Waals surface area contributed by atoms with Crippen LogP contribution >= 0.6 is 0 Å². The number of carbonyl (C=O) groups is 1. The summed E-state index contributed by atoms with van der Waals surface area (Å²) in [6, 6.07) is 6.22. The third-order valence-corrected chi connectivity index (χ3v) is 3.84. The molecule has 0 heterocycles. The average Bonchev–Trinajstić information content (AvgIpc) is 2.38. The number of carbonyl (C=O) groups excluding carboxylic acids is 1. The van der Waals surface area contributed by atoms with Gasteiger partial charge in [0.05, 0.1) is 22.5 Å². The maximum absolute atomic E-state index is 12.0. The Hall–Kier alpha value is -1.47. The van der Waals surface area contributed by atoms with Crippen molar-refractivity contribution in [3.63, 3.8) is 0 Å². The Morgan fingerprint density at radius 1 is 1.38 bits per heavy atom. The number of aliphatic hydroxyl groups is 1. The lowest BCUT2D eigenvalue weighted by atomic mass is 10.1. The number of hydrogen-bond acceptors (Lipinski definition) is 4. The number of nitrogens with one attached hydrogen (secondary N) is 1. The van der Waals surface area contributed by atoms with Crippen LogP contribution in [0.3, 0.4) is 0 Å². The van der Waals surface area contributed by atoms with E-state index in [2.05, 4.69) is 0 Å². The van der Waals surface area contributed by atoms with Gasteiger partial charge in [0.2, 0.25) is 5.91 Å². The molecule has 0 saturated carbocycles.